The zero-order valence-electron chi connectivity index (χ0n) is 14.2. The summed E-state index contributed by atoms with van der Waals surface area (Å²) in [6.07, 6.45) is 10.2. The van der Waals surface area contributed by atoms with Crippen LogP contribution in [-0.4, -0.2) is 30.6 Å². The Labute approximate surface area is 140 Å². The molecule has 1 atom stereocenters. The molecule has 0 N–H and O–H groups in total. The number of nitroso groups, excluding NO2 is 1. The highest BCUT2D eigenvalue weighted by Crippen LogP contribution is 2.35. The Morgan fingerprint density at radius 1 is 1.04 bits per heavy atom. The van der Waals surface area contributed by atoms with Crippen molar-refractivity contribution in [1.82, 2.24) is 4.90 Å². The molecular formula is C20H30N2O. The molecule has 1 heterocycles. The standard InChI is InChI=1S/C20H30N2O/c23-21-16-18-8-11-19(12-9-18)20(22-14-4-5-15-22)13-10-17-6-2-1-3-7-17/h1-3,6-7,18-20H,4-5,8-16H2. The van der Waals surface area contributed by atoms with Gasteiger partial charge in [0.1, 0.15) is 0 Å². The smallest absolute Gasteiger partial charge is 0.0839 e. The summed E-state index contributed by atoms with van der Waals surface area (Å²) in [5.41, 5.74) is 1.47. The van der Waals surface area contributed by atoms with E-state index in [-0.39, 0.29) is 0 Å². The minimum Gasteiger partial charge on any atom is -0.300 e. The van der Waals surface area contributed by atoms with Gasteiger partial charge in [0.2, 0.25) is 0 Å². The Balaban J connectivity index is 1.58. The monoisotopic (exact) mass is 314 g/mol. The van der Waals surface area contributed by atoms with Gasteiger partial charge in [-0.15, -0.1) is 0 Å². The minimum absolute atomic E-state index is 0.533. The number of aryl methyl sites for hydroxylation is 1. The number of nitrogens with zero attached hydrogens (tertiary/aromatic N) is 2. The first kappa shape index (κ1) is 16.6. The molecule has 126 valence electrons. The summed E-state index contributed by atoms with van der Waals surface area (Å²) in [5.74, 6) is 1.37. The fourth-order valence-electron chi connectivity index (χ4n) is 4.61. The van der Waals surface area contributed by atoms with Crippen LogP contribution in [0.25, 0.3) is 0 Å². The molecule has 0 radical (unpaired) electrons. The highest BCUT2D eigenvalue weighted by atomic mass is 16.3. The third-order valence-corrected chi connectivity index (χ3v) is 5.95. The van der Waals surface area contributed by atoms with Crippen LogP contribution in [0.2, 0.25) is 0 Å². The van der Waals surface area contributed by atoms with Crippen LogP contribution in [0, 0.1) is 16.7 Å². The van der Waals surface area contributed by atoms with Crippen molar-refractivity contribution in [3.63, 3.8) is 0 Å². The minimum atomic E-state index is 0.533. The van der Waals surface area contributed by atoms with E-state index in [2.05, 4.69) is 40.4 Å². The Morgan fingerprint density at radius 3 is 2.39 bits per heavy atom. The van der Waals surface area contributed by atoms with Crippen LogP contribution >= 0.6 is 0 Å². The Kier molecular flexibility index (Phi) is 6.21. The maximum absolute atomic E-state index is 10.5. The third-order valence-electron chi connectivity index (χ3n) is 5.95. The largest absolute Gasteiger partial charge is 0.300 e. The van der Waals surface area contributed by atoms with Gasteiger partial charge in [0.15, 0.2) is 0 Å². The third kappa shape index (κ3) is 4.63. The van der Waals surface area contributed by atoms with E-state index in [4.69, 9.17) is 0 Å². The van der Waals surface area contributed by atoms with Crippen LogP contribution in [0.15, 0.2) is 35.5 Å². The normalized spacial score (nSPS) is 27.0. The number of rotatable bonds is 7. The zero-order chi connectivity index (χ0) is 15.9. The van der Waals surface area contributed by atoms with Crippen molar-refractivity contribution in [1.29, 1.82) is 0 Å². The summed E-state index contributed by atoms with van der Waals surface area (Å²) in [4.78, 5) is 13.3. The van der Waals surface area contributed by atoms with Crippen molar-refractivity contribution < 1.29 is 0 Å². The predicted molar refractivity (Wildman–Crippen MR) is 95.5 cm³/mol. The molecule has 1 aromatic rings. The number of hydrogen-bond acceptors (Lipinski definition) is 3. The fraction of sp³-hybridized carbons (Fsp3) is 0.700. The van der Waals surface area contributed by atoms with Crippen molar-refractivity contribution >= 4 is 0 Å². The van der Waals surface area contributed by atoms with Gasteiger partial charge in [-0.3, -0.25) is 0 Å². The van der Waals surface area contributed by atoms with E-state index in [0.717, 1.165) is 12.0 Å². The lowest BCUT2D eigenvalue weighted by Crippen LogP contribution is -2.41. The maximum atomic E-state index is 10.5. The van der Waals surface area contributed by atoms with Crippen LogP contribution < -0.4 is 0 Å². The summed E-state index contributed by atoms with van der Waals surface area (Å²) in [5, 5.41) is 3.12. The second-order valence-corrected chi connectivity index (χ2v) is 7.43. The molecule has 2 aliphatic rings. The maximum Gasteiger partial charge on any atom is 0.0839 e. The van der Waals surface area contributed by atoms with Gasteiger partial charge in [-0.2, -0.15) is 4.91 Å². The highest BCUT2D eigenvalue weighted by molar-refractivity contribution is 5.15. The van der Waals surface area contributed by atoms with E-state index in [0.29, 0.717) is 12.5 Å². The molecule has 0 amide bonds. The van der Waals surface area contributed by atoms with E-state index < -0.39 is 0 Å². The second-order valence-electron chi connectivity index (χ2n) is 7.43. The second kappa shape index (κ2) is 8.58. The predicted octanol–water partition coefficient (Wildman–Crippen LogP) is 4.66. The zero-order valence-corrected chi connectivity index (χ0v) is 14.2. The number of likely N-dealkylation sites (tertiary alicyclic amines) is 1. The van der Waals surface area contributed by atoms with Crippen LogP contribution in [0.4, 0.5) is 0 Å². The fourth-order valence-corrected chi connectivity index (χ4v) is 4.61. The molecule has 1 aliphatic heterocycles. The van der Waals surface area contributed by atoms with Gasteiger partial charge >= 0.3 is 0 Å². The van der Waals surface area contributed by atoms with Crippen molar-refractivity contribution in [2.24, 2.45) is 17.0 Å². The SMILES string of the molecule is O=NCC1CCC(C(CCc2ccccc2)N2CCCC2)CC1. The molecular weight excluding hydrogens is 284 g/mol. The molecule has 1 saturated carbocycles. The molecule has 1 aromatic carbocycles. The van der Waals surface area contributed by atoms with Crippen molar-refractivity contribution in [2.45, 2.75) is 57.4 Å². The van der Waals surface area contributed by atoms with Crippen LogP contribution in [-0.2, 0) is 6.42 Å². The average molecular weight is 314 g/mol. The molecule has 3 rings (SSSR count). The topological polar surface area (TPSA) is 32.7 Å². The molecule has 2 fully saturated rings. The van der Waals surface area contributed by atoms with Gasteiger partial charge in [0.05, 0.1) is 6.54 Å². The lowest BCUT2D eigenvalue weighted by atomic mass is 9.76. The summed E-state index contributed by atoms with van der Waals surface area (Å²) in [6.45, 7) is 3.11. The van der Waals surface area contributed by atoms with Crippen LogP contribution in [0.3, 0.4) is 0 Å². The Morgan fingerprint density at radius 2 is 1.74 bits per heavy atom. The van der Waals surface area contributed by atoms with E-state index >= 15 is 0 Å². The molecule has 23 heavy (non-hydrogen) atoms. The van der Waals surface area contributed by atoms with E-state index in [1.807, 2.05) is 0 Å². The molecule has 1 aliphatic carbocycles. The number of benzene rings is 1. The summed E-state index contributed by atoms with van der Waals surface area (Å²) in [7, 11) is 0. The van der Waals surface area contributed by atoms with Crippen LogP contribution in [0.1, 0.15) is 50.5 Å². The van der Waals surface area contributed by atoms with Crippen LogP contribution in [0.5, 0.6) is 0 Å². The molecule has 0 spiro atoms. The van der Waals surface area contributed by atoms with Gasteiger partial charge in [-0.1, -0.05) is 35.5 Å². The quantitative estimate of drug-likeness (QED) is 0.686. The van der Waals surface area contributed by atoms with Crippen molar-refractivity contribution in [3.8, 4) is 0 Å². The van der Waals surface area contributed by atoms with Gasteiger partial charge in [-0.05, 0) is 81.9 Å². The van der Waals surface area contributed by atoms with E-state index in [9.17, 15) is 4.91 Å². The molecule has 0 aromatic heterocycles. The first-order valence-electron chi connectivity index (χ1n) is 9.44. The first-order chi connectivity index (χ1) is 11.4. The Hall–Kier alpha value is -1.22. The molecule has 1 saturated heterocycles. The van der Waals surface area contributed by atoms with Crippen molar-refractivity contribution in [2.75, 3.05) is 19.6 Å². The van der Waals surface area contributed by atoms with Gasteiger partial charge in [0.25, 0.3) is 0 Å². The van der Waals surface area contributed by atoms with E-state index in [1.165, 1.54) is 70.0 Å². The van der Waals surface area contributed by atoms with Gasteiger partial charge in [-0.25, -0.2) is 0 Å². The van der Waals surface area contributed by atoms with Crippen molar-refractivity contribution in [3.05, 3.63) is 40.8 Å². The summed E-state index contributed by atoms with van der Waals surface area (Å²) < 4.78 is 0. The van der Waals surface area contributed by atoms with Gasteiger partial charge in [0, 0.05) is 6.04 Å². The number of hydrogen-bond donors (Lipinski definition) is 0. The first-order valence-corrected chi connectivity index (χ1v) is 9.44. The highest BCUT2D eigenvalue weighted by Gasteiger charge is 2.32. The molecule has 1 unspecified atom stereocenters. The van der Waals surface area contributed by atoms with Gasteiger partial charge < -0.3 is 4.90 Å². The molecule has 0 bridgehead atoms. The average Bonchev–Trinajstić information content (AvgIpc) is 3.12. The molecule has 3 nitrogen and oxygen atoms in total. The molecule has 3 heteroatoms. The summed E-state index contributed by atoms with van der Waals surface area (Å²) >= 11 is 0. The lowest BCUT2D eigenvalue weighted by molar-refractivity contribution is 0.120. The lowest BCUT2D eigenvalue weighted by Gasteiger charge is -2.38. The van der Waals surface area contributed by atoms with E-state index in [1.54, 1.807) is 0 Å². The Bertz CT molecular complexity index is 462. The summed E-state index contributed by atoms with van der Waals surface area (Å²) in [6, 6.07) is 11.7.